The van der Waals surface area contributed by atoms with Gasteiger partial charge >= 0.3 is 12.1 Å². The molecule has 2 aliphatic rings. The summed E-state index contributed by atoms with van der Waals surface area (Å²) >= 11 is 0. The van der Waals surface area contributed by atoms with E-state index in [1.165, 1.54) is 10.9 Å². The molecule has 2 aromatic carbocycles. The number of hydrogen-bond donors (Lipinski definition) is 3. The number of benzene rings is 2. The van der Waals surface area contributed by atoms with Crippen LogP contribution in [0.15, 0.2) is 54.7 Å². The Bertz CT molecular complexity index is 1270. The van der Waals surface area contributed by atoms with Crippen LogP contribution in [0.3, 0.4) is 0 Å². The van der Waals surface area contributed by atoms with Gasteiger partial charge in [-0.25, -0.2) is 9.59 Å². The number of nitrogens with zero attached hydrogens (tertiary/aromatic N) is 3. The first kappa shape index (κ1) is 22.6. The van der Waals surface area contributed by atoms with Crippen LogP contribution in [0.1, 0.15) is 33.8 Å². The molecule has 10 heteroatoms. The number of carbonyl (C=O) groups excluding carboxylic acids is 2. The van der Waals surface area contributed by atoms with Crippen LogP contribution in [0, 0.1) is 0 Å². The van der Waals surface area contributed by atoms with Gasteiger partial charge in [0.2, 0.25) is 0 Å². The van der Waals surface area contributed by atoms with E-state index in [-0.39, 0.29) is 36.9 Å². The van der Waals surface area contributed by atoms with Gasteiger partial charge in [-0.05, 0) is 22.3 Å². The van der Waals surface area contributed by atoms with Gasteiger partial charge in [-0.1, -0.05) is 48.5 Å². The first-order valence-electron chi connectivity index (χ1n) is 11.2. The van der Waals surface area contributed by atoms with Crippen molar-refractivity contribution in [2.75, 3.05) is 18.5 Å². The number of rotatable bonds is 5. The van der Waals surface area contributed by atoms with Gasteiger partial charge in [0.25, 0.3) is 5.91 Å². The monoisotopic (exact) mass is 476 g/mol. The van der Waals surface area contributed by atoms with E-state index in [1.54, 1.807) is 7.05 Å². The number of hydrogen-bond acceptors (Lipinski definition) is 6. The molecule has 1 fully saturated rings. The summed E-state index contributed by atoms with van der Waals surface area (Å²) in [5.41, 5.74) is 4.38. The van der Waals surface area contributed by atoms with Crippen LogP contribution in [0.5, 0.6) is 0 Å². The number of amides is 2. The average Bonchev–Trinajstić information content (AvgIpc) is 3.51. The molecule has 0 unspecified atom stereocenters. The van der Waals surface area contributed by atoms with Crippen molar-refractivity contribution < 1.29 is 29.3 Å². The van der Waals surface area contributed by atoms with Crippen LogP contribution in [-0.2, 0) is 16.6 Å². The normalized spacial score (nSPS) is 18.7. The fourth-order valence-corrected chi connectivity index (χ4v) is 4.90. The highest BCUT2D eigenvalue weighted by molar-refractivity contribution is 6.03. The molecular weight excluding hydrogens is 452 g/mol. The van der Waals surface area contributed by atoms with Crippen LogP contribution in [-0.4, -0.2) is 68.2 Å². The molecule has 10 nitrogen and oxygen atoms in total. The predicted octanol–water partition coefficient (Wildman–Crippen LogP) is 2.44. The molecule has 1 aliphatic carbocycles. The van der Waals surface area contributed by atoms with Gasteiger partial charge in [0.05, 0.1) is 12.3 Å². The van der Waals surface area contributed by atoms with Gasteiger partial charge in [0.15, 0.2) is 0 Å². The Hall–Kier alpha value is -4.18. The highest BCUT2D eigenvalue weighted by atomic mass is 16.5. The van der Waals surface area contributed by atoms with Gasteiger partial charge in [0.1, 0.15) is 24.0 Å². The van der Waals surface area contributed by atoms with Crippen molar-refractivity contribution in [2.45, 2.75) is 24.5 Å². The van der Waals surface area contributed by atoms with Gasteiger partial charge in [-0.15, -0.1) is 0 Å². The van der Waals surface area contributed by atoms with Gasteiger partial charge in [-0.2, -0.15) is 5.10 Å². The van der Waals surface area contributed by atoms with E-state index in [4.69, 9.17) is 4.74 Å². The van der Waals surface area contributed by atoms with E-state index >= 15 is 0 Å². The standard InChI is InChI=1S/C25H24N4O6/c1-28-22(19(11-26-28)23(31)29-12-14(30)10-21(29)24(32)33)27-25(34)35-13-20-17-8-4-2-6-15(17)16-7-3-5-9-18(16)20/h2-9,11,14,20-21,30H,10,12-13H2,1H3,(H,27,34)(H,32,33)/t14-,21-/m0/s1. The number of aliphatic carboxylic acids is 1. The topological polar surface area (TPSA) is 134 Å². The lowest BCUT2D eigenvalue weighted by atomic mass is 9.98. The number of ether oxygens (including phenoxy) is 1. The van der Waals surface area contributed by atoms with E-state index in [1.807, 2.05) is 48.5 Å². The summed E-state index contributed by atoms with van der Waals surface area (Å²) < 4.78 is 6.86. The number of fused-ring (bicyclic) bond motifs is 3. The Kier molecular flexibility index (Phi) is 5.73. The Morgan fingerprint density at radius 1 is 1.09 bits per heavy atom. The predicted molar refractivity (Wildman–Crippen MR) is 125 cm³/mol. The quantitative estimate of drug-likeness (QED) is 0.515. The summed E-state index contributed by atoms with van der Waals surface area (Å²) in [5.74, 6) is -1.89. The molecule has 0 saturated carbocycles. The smallest absolute Gasteiger partial charge is 0.412 e. The molecule has 2 amide bonds. The van der Waals surface area contributed by atoms with Crippen molar-refractivity contribution in [3.63, 3.8) is 0 Å². The second kappa shape index (κ2) is 8.88. The summed E-state index contributed by atoms with van der Waals surface area (Å²) in [4.78, 5) is 38.4. The van der Waals surface area contributed by atoms with E-state index in [9.17, 15) is 24.6 Å². The number of aromatic nitrogens is 2. The minimum atomic E-state index is -1.20. The van der Waals surface area contributed by atoms with Crippen molar-refractivity contribution in [3.8, 4) is 11.1 Å². The summed E-state index contributed by atoms with van der Waals surface area (Å²) in [7, 11) is 1.55. The number of carbonyl (C=O) groups is 3. The third-order valence-corrected chi connectivity index (χ3v) is 6.56. The molecule has 1 aromatic heterocycles. The van der Waals surface area contributed by atoms with Gasteiger partial charge in [0, 0.05) is 25.9 Å². The number of aliphatic hydroxyl groups excluding tert-OH is 1. The lowest BCUT2D eigenvalue weighted by molar-refractivity contribution is -0.141. The maximum absolute atomic E-state index is 13.1. The molecule has 1 saturated heterocycles. The second-order valence-electron chi connectivity index (χ2n) is 8.68. The summed E-state index contributed by atoms with van der Waals surface area (Å²) in [6.45, 7) is -0.0184. The largest absolute Gasteiger partial charge is 0.480 e. The summed E-state index contributed by atoms with van der Waals surface area (Å²) in [6, 6.07) is 14.8. The molecule has 180 valence electrons. The zero-order valence-electron chi connectivity index (χ0n) is 18.9. The first-order valence-corrected chi connectivity index (χ1v) is 11.2. The zero-order chi connectivity index (χ0) is 24.7. The number of anilines is 1. The third kappa shape index (κ3) is 4.01. The number of likely N-dealkylation sites (tertiary alicyclic amines) is 1. The molecule has 5 rings (SSSR count). The molecule has 0 spiro atoms. The zero-order valence-corrected chi connectivity index (χ0v) is 18.9. The minimum absolute atomic E-state index is 0.0151. The Morgan fingerprint density at radius 2 is 1.71 bits per heavy atom. The van der Waals surface area contributed by atoms with Crippen molar-refractivity contribution in [1.29, 1.82) is 0 Å². The fourth-order valence-electron chi connectivity index (χ4n) is 4.90. The highest BCUT2D eigenvalue weighted by Gasteiger charge is 2.40. The number of carboxylic acids is 1. The molecule has 2 heterocycles. The molecule has 1 aliphatic heterocycles. The lowest BCUT2D eigenvalue weighted by Crippen LogP contribution is -2.40. The maximum Gasteiger partial charge on any atom is 0.412 e. The lowest BCUT2D eigenvalue weighted by Gasteiger charge is -2.21. The van der Waals surface area contributed by atoms with Crippen LogP contribution >= 0.6 is 0 Å². The van der Waals surface area contributed by atoms with Crippen molar-refractivity contribution in [2.24, 2.45) is 7.05 Å². The molecule has 35 heavy (non-hydrogen) atoms. The molecule has 0 radical (unpaired) electrons. The van der Waals surface area contributed by atoms with Crippen molar-refractivity contribution in [1.82, 2.24) is 14.7 Å². The Balaban J connectivity index is 1.31. The number of β-amino-alcohol motifs (C(OH)–C–C–N with tert-alkyl or cyclic N) is 1. The number of nitrogens with one attached hydrogen (secondary N) is 1. The molecular formula is C25H24N4O6. The van der Waals surface area contributed by atoms with E-state index in [0.29, 0.717) is 0 Å². The van der Waals surface area contributed by atoms with Crippen LogP contribution in [0.4, 0.5) is 10.6 Å². The van der Waals surface area contributed by atoms with E-state index in [2.05, 4.69) is 10.4 Å². The number of carboxylic acid groups (broad SMARTS) is 1. The van der Waals surface area contributed by atoms with Crippen LogP contribution in [0.25, 0.3) is 11.1 Å². The Labute approximate surface area is 200 Å². The van der Waals surface area contributed by atoms with E-state index < -0.39 is 30.1 Å². The number of aliphatic hydroxyl groups is 1. The molecule has 3 aromatic rings. The van der Waals surface area contributed by atoms with Crippen LogP contribution < -0.4 is 5.32 Å². The van der Waals surface area contributed by atoms with Crippen molar-refractivity contribution in [3.05, 3.63) is 71.4 Å². The first-order chi connectivity index (χ1) is 16.8. The van der Waals surface area contributed by atoms with Gasteiger partial charge < -0.3 is 19.8 Å². The van der Waals surface area contributed by atoms with Crippen LogP contribution in [0.2, 0.25) is 0 Å². The fraction of sp³-hybridized carbons (Fsp3) is 0.280. The minimum Gasteiger partial charge on any atom is -0.480 e. The molecule has 0 bridgehead atoms. The van der Waals surface area contributed by atoms with E-state index in [0.717, 1.165) is 27.2 Å². The third-order valence-electron chi connectivity index (χ3n) is 6.56. The Morgan fingerprint density at radius 3 is 2.34 bits per heavy atom. The second-order valence-corrected chi connectivity index (χ2v) is 8.68. The highest BCUT2D eigenvalue weighted by Crippen LogP contribution is 2.44. The van der Waals surface area contributed by atoms with Crippen molar-refractivity contribution >= 4 is 23.8 Å². The molecule has 2 atom stereocenters. The summed E-state index contributed by atoms with van der Waals surface area (Å²) in [5, 5.41) is 25.9. The number of aryl methyl sites for hydroxylation is 1. The summed E-state index contributed by atoms with van der Waals surface area (Å²) in [6.07, 6.45) is -0.502. The SMILES string of the molecule is Cn1ncc(C(=O)N2C[C@@H](O)C[C@H]2C(=O)O)c1NC(=O)OCC1c2ccccc2-c2ccccc21. The molecule has 3 N–H and O–H groups in total. The average molecular weight is 476 g/mol. The maximum atomic E-state index is 13.1. The van der Waals surface area contributed by atoms with Gasteiger partial charge in [-0.3, -0.25) is 14.8 Å².